The summed E-state index contributed by atoms with van der Waals surface area (Å²) in [4.78, 5) is 24.1. The van der Waals surface area contributed by atoms with Crippen LogP contribution in [-0.4, -0.2) is 76.7 Å². The lowest BCUT2D eigenvalue weighted by Crippen LogP contribution is -2.64. The molecular formula is C15H19NO8. The summed E-state index contributed by atoms with van der Waals surface area (Å²) >= 11 is 0. The van der Waals surface area contributed by atoms with Crippen molar-refractivity contribution in [3.63, 3.8) is 0 Å². The highest BCUT2D eigenvalue weighted by molar-refractivity contribution is 6.05. The summed E-state index contributed by atoms with van der Waals surface area (Å²) in [7, 11) is 1.17. The van der Waals surface area contributed by atoms with Crippen LogP contribution in [0.25, 0.3) is 0 Å². The van der Waals surface area contributed by atoms with Crippen molar-refractivity contribution in [1.82, 2.24) is 5.32 Å². The highest BCUT2D eigenvalue weighted by Crippen LogP contribution is 2.20. The summed E-state index contributed by atoms with van der Waals surface area (Å²) in [6.07, 6.45) is -5.89. The maximum absolute atomic E-state index is 12.4. The van der Waals surface area contributed by atoms with E-state index in [2.05, 4.69) is 10.1 Å². The molecule has 24 heavy (non-hydrogen) atoms. The number of nitrogens with one attached hydrogen (secondary N) is 1. The Kier molecular flexibility index (Phi) is 5.86. The largest absolute Gasteiger partial charge is 0.465 e. The van der Waals surface area contributed by atoms with E-state index in [9.17, 15) is 24.9 Å². The van der Waals surface area contributed by atoms with Crippen molar-refractivity contribution in [1.29, 1.82) is 0 Å². The van der Waals surface area contributed by atoms with E-state index >= 15 is 0 Å². The van der Waals surface area contributed by atoms with Gasteiger partial charge in [-0.15, -0.1) is 0 Å². The summed E-state index contributed by atoms with van der Waals surface area (Å²) in [5, 5.41) is 41.0. The molecule has 9 heteroatoms. The average Bonchev–Trinajstić information content (AvgIpc) is 2.60. The molecule has 1 amide bonds. The number of hydrogen-bond donors (Lipinski definition) is 5. The number of hydrogen-bond acceptors (Lipinski definition) is 8. The minimum atomic E-state index is -1.64. The Morgan fingerprint density at radius 3 is 2.38 bits per heavy atom. The molecule has 5 atom stereocenters. The maximum Gasteiger partial charge on any atom is 0.338 e. The second kappa shape index (κ2) is 7.69. The van der Waals surface area contributed by atoms with Gasteiger partial charge in [-0.2, -0.15) is 0 Å². The van der Waals surface area contributed by atoms with Crippen molar-refractivity contribution in [3.05, 3.63) is 35.4 Å². The summed E-state index contributed by atoms with van der Waals surface area (Å²) < 4.78 is 9.55. The number of aliphatic hydroxyl groups excluding tert-OH is 4. The molecule has 1 saturated heterocycles. The number of amides is 1. The van der Waals surface area contributed by atoms with Crippen LogP contribution in [0.4, 0.5) is 0 Å². The number of carbonyl (C=O) groups excluding carboxylic acids is 2. The molecule has 0 aromatic heterocycles. The molecule has 0 spiro atoms. The van der Waals surface area contributed by atoms with Crippen LogP contribution in [0.1, 0.15) is 20.7 Å². The molecule has 9 nitrogen and oxygen atoms in total. The minimum absolute atomic E-state index is 0.00647. The second-order valence-corrected chi connectivity index (χ2v) is 5.27. The molecule has 0 saturated carbocycles. The van der Waals surface area contributed by atoms with Crippen LogP contribution < -0.4 is 5.32 Å². The number of ether oxygens (including phenoxy) is 2. The van der Waals surface area contributed by atoms with Crippen LogP contribution in [0.15, 0.2) is 24.3 Å². The van der Waals surface area contributed by atoms with E-state index in [0.29, 0.717) is 0 Å². The topological polar surface area (TPSA) is 146 Å². The number of rotatable bonds is 4. The Labute approximate surface area is 137 Å². The van der Waals surface area contributed by atoms with Crippen LogP contribution in [0.5, 0.6) is 0 Å². The number of aliphatic hydroxyl groups is 4. The summed E-state index contributed by atoms with van der Waals surface area (Å²) in [5.41, 5.74) is -0.0190. The summed E-state index contributed by atoms with van der Waals surface area (Å²) in [6, 6.07) is 4.49. The fourth-order valence-corrected chi connectivity index (χ4v) is 2.45. The molecule has 3 unspecified atom stereocenters. The monoisotopic (exact) mass is 341 g/mol. The zero-order valence-electron chi connectivity index (χ0n) is 12.8. The lowest BCUT2D eigenvalue weighted by atomic mass is 9.96. The van der Waals surface area contributed by atoms with Gasteiger partial charge < -0.3 is 35.2 Å². The van der Waals surface area contributed by atoms with E-state index in [1.54, 1.807) is 6.07 Å². The van der Waals surface area contributed by atoms with Gasteiger partial charge in [-0.1, -0.05) is 12.1 Å². The van der Waals surface area contributed by atoms with Crippen LogP contribution >= 0.6 is 0 Å². The Morgan fingerprint density at radius 2 is 1.79 bits per heavy atom. The number of carbonyl (C=O) groups is 2. The highest BCUT2D eigenvalue weighted by atomic mass is 16.6. The average molecular weight is 341 g/mol. The van der Waals surface area contributed by atoms with E-state index in [1.807, 2.05) is 0 Å². The minimum Gasteiger partial charge on any atom is -0.465 e. The highest BCUT2D eigenvalue weighted by Gasteiger charge is 2.44. The lowest BCUT2D eigenvalue weighted by molar-refractivity contribution is -0.252. The van der Waals surface area contributed by atoms with Gasteiger partial charge in [-0.3, -0.25) is 4.79 Å². The zero-order chi connectivity index (χ0) is 17.9. The van der Waals surface area contributed by atoms with Gasteiger partial charge in [-0.25, -0.2) is 4.79 Å². The normalized spacial score (nSPS) is 29.8. The van der Waals surface area contributed by atoms with E-state index in [4.69, 9.17) is 9.84 Å². The molecule has 2 rings (SSSR count). The van der Waals surface area contributed by atoms with Gasteiger partial charge in [0.2, 0.25) is 0 Å². The molecule has 5 N–H and O–H groups in total. The third kappa shape index (κ3) is 3.55. The van der Waals surface area contributed by atoms with Crippen molar-refractivity contribution < 1.29 is 39.5 Å². The van der Waals surface area contributed by atoms with E-state index in [1.165, 1.54) is 25.3 Å². The Hall–Kier alpha value is -2.04. The molecule has 132 valence electrons. The predicted octanol–water partition coefficient (Wildman–Crippen LogP) is -2.00. The molecule has 1 heterocycles. The Bertz CT molecular complexity index is 607. The molecule has 0 bridgehead atoms. The molecule has 0 radical (unpaired) electrons. The SMILES string of the molecule is COC(=O)c1ccccc1C(=O)NC1C(O)O[C@H](CO)C(O)[C@@H]1O. The number of benzene rings is 1. The van der Waals surface area contributed by atoms with Crippen molar-refractivity contribution in [3.8, 4) is 0 Å². The van der Waals surface area contributed by atoms with Crippen LogP contribution in [0.3, 0.4) is 0 Å². The molecular weight excluding hydrogens is 322 g/mol. The molecule has 1 aliphatic heterocycles. The molecule has 0 aliphatic carbocycles. The summed E-state index contributed by atoms with van der Waals surface area (Å²) in [6.45, 7) is -0.610. The smallest absolute Gasteiger partial charge is 0.338 e. The van der Waals surface area contributed by atoms with Gasteiger partial charge in [0.05, 0.1) is 24.8 Å². The van der Waals surface area contributed by atoms with Crippen LogP contribution in [0, 0.1) is 0 Å². The quantitative estimate of drug-likeness (QED) is 0.395. The first kappa shape index (κ1) is 18.3. The van der Waals surface area contributed by atoms with Crippen molar-refractivity contribution in [2.75, 3.05) is 13.7 Å². The van der Waals surface area contributed by atoms with E-state index < -0.39 is 49.1 Å². The Morgan fingerprint density at radius 1 is 1.17 bits per heavy atom. The lowest BCUT2D eigenvalue weighted by Gasteiger charge is -2.40. The summed E-state index contributed by atoms with van der Waals surface area (Å²) in [5.74, 6) is -1.49. The van der Waals surface area contributed by atoms with Crippen molar-refractivity contribution >= 4 is 11.9 Å². The third-order valence-corrected chi connectivity index (χ3v) is 3.77. The molecule has 1 fully saturated rings. The van der Waals surface area contributed by atoms with Gasteiger partial charge in [0.25, 0.3) is 5.91 Å². The van der Waals surface area contributed by atoms with Crippen LogP contribution in [0.2, 0.25) is 0 Å². The van der Waals surface area contributed by atoms with Crippen LogP contribution in [-0.2, 0) is 9.47 Å². The third-order valence-electron chi connectivity index (χ3n) is 3.77. The van der Waals surface area contributed by atoms with E-state index in [-0.39, 0.29) is 11.1 Å². The fourth-order valence-electron chi connectivity index (χ4n) is 2.45. The van der Waals surface area contributed by atoms with Crippen molar-refractivity contribution in [2.45, 2.75) is 30.6 Å². The van der Waals surface area contributed by atoms with Gasteiger partial charge in [0.1, 0.15) is 24.4 Å². The molecule has 1 aliphatic rings. The molecule has 1 aromatic rings. The standard InChI is InChI=1S/C15H19NO8/c1-23-14(21)8-5-3-2-4-7(8)13(20)16-10-12(19)11(18)9(6-17)24-15(10)22/h2-5,9-12,15,17-19,22H,6H2,1H3,(H,16,20)/t9-,10?,11?,12-,15?/m1/s1. The maximum atomic E-state index is 12.4. The molecule has 1 aromatic carbocycles. The van der Waals surface area contributed by atoms with Gasteiger partial charge in [0.15, 0.2) is 6.29 Å². The fraction of sp³-hybridized carbons (Fsp3) is 0.467. The van der Waals surface area contributed by atoms with Gasteiger partial charge in [-0.05, 0) is 12.1 Å². The van der Waals surface area contributed by atoms with E-state index in [0.717, 1.165) is 0 Å². The Balaban J connectivity index is 2.19. The zero-order valence-corrected chi connectivity index (χ0v) is 12.8. The number of esters is 1. The second-order valence-electron chi connectivity index (χ2n) is 5.27. The first-order valence-corrected chi connectivity index (χ1v) is 7.19. The first-order valence-electron chi connectivity index (χ1n) is 7.19. The first-order chi connectivity index (χ1) is 11.4. The van der Waals surface area contributed by atoms with Gasteiger partial charge >= 0.3 is 5.97 Å². The predicted molar refractivity (Wildman–Crippen MR) is 79.0 cm³/mol. The van der Waals surface area contributed by atoms with Crippen molar-refractivity contribution in [2.24, 2.45) is 0 Å². The number of methoxy groups -OCH3 is 1. The van der Waals surface area contributed by atoms with Gasteiger partial charge in [0, 0.05) is 0 Å².